The molecule has 0 aromatic rings. The van der Waals surface area contributed by atoms with Gasteiger partial charge in [0.1, 0.15) is 6.61 Å². The van der Waals surface area contributed by atoms with Crippen molar-refractivity contribution in [3.8, 4) is 0 Å². The van der Waals surface area contributed by atoms with Crippen molar-refractivity contribution in [2.75, 3.05) is 26.2 Å². The molecule has 2 aliphatic rings. The molecule has 4 heteroatoms. The van der Waals surface area contributed by atoms with E-state index in [1.165, 1.54) is 0 Å². The second-order valence-electron chi connectivity index (χ2n) is 4.18. The molecular formula is C10H18N2O2. The summed E-state index contributed by atoms with van der Waals surface area (Å²) in [5.41, 5.74) is 0.0122. The zero-order valence-corrected chi connectivity index (χ0v) is 8.71. The zero-order valence-electron chi connectivity index (χ0n) is 8.71. The molecule has 14 heavy (non-hydrogen) atoms. The molecule has 1 amide bonds. The number of carbonyl (C=O) groups excluding carboxylic acids is 1. The maximum atomic E-state index is 11.5. The van der Waals surface area contributed by atoms with Crippen LogP contribution in [0.5, 0.6) is 0 Å². The molecule has 2 rings (SSSR count). The Kier molecular flexibility index (Phi) is 2.63. The van der Waals surface area contributed by atoms with E-state index in [9.17, 15) is 4.79 Å². The molecule has 80 valence electrons. The fraction of sp³-hybridized carbons (Fsp3) is 0.900. The lowest BCUT2D eigenvalue weighted by molar-refractivity contribution is 0.125. The Hall–Kier alpha value is -0.770. The molecule has 0 aliphatic carbocycles. The molecule has 4 nitrogen and oxygen atoms in total. The van der Waals surface area contributed by atoms with Gasteiger partial charge in [-0.1, -0.05) is 6.92 Å². The summed E-state index contributed by atoms with van der Waals surface area (Å²) < 4.78 is 5.17. The summed E-state index contributed by atoms with van der Waals surface area (Å²) in [6.07, 6.45) is 2.94. The van der Waals surface area contributed by atoms with Crippen LogP contribution in [0, 0.1) is 0 Å². The van der Waals surface area contributed by atoms with Crippen molar-refractivity contribution in [1.29, 1.82) is 0 Å². The first kappa shape index (κ1) is 9.77. The van der Waals surface area contributed by atoms with Gasteiger partial charge in [-0.3, -0.25) is 4.90 Å². The number of piperidine rings is 1. The molecule has 0 aromatic heterocycles. The molecule has 2 fully saturated rings. The van der Waals surface area contributed by atoms with Gasteiger partial charge in [0.15, 0.2) is 0 Å². The number of nitrogens with one attached hydrogen (secondary N) is 1. The van der Waals surface area contributed by atoms with Crippen LogP contribution < -0.4 is 5.32 Å². The Balaban J connectivity index is 2.11. The minimum absolute atomic E-state index is 0.0122. The molecule has 1 N–H and O–H groups in total. The molecule has 0 bridgehead atoms. The van der Waals surface area contributed by atoms with E-state index in [-0.39, 0.29) is 11.6 Å². The fourth-order valence-electron chi connectivity index (χ4n) is 2.40. The summed E-state index contributed by atoms with van der Waals surface area (Å²) in [6.45, 7) is 5.51. The number of hydrogen-bond acceptors (Lipinski definition) is 3. The van der Waals surface area contributed by atoms with E-state index in [0.29, 0.717) is 6.61 Å². The lowest BCUT2D eigenvalue weighted by Crippen LogP contribution is -2.53. The quantitative estimate of drug-likeness (QED) is 0.719. The first-order valence-corrected chi connectivity index (χ1v) is 5.44. The number of amides is 1. The predicted octanol–water partition coefficient (Wildman–Crippen LogP) is 0.971. The van der Waals surface area contributed by atoms with Crippen molar-refractivity contribution in [1.82, 2.24) is 10.2 Å². The Labute approximate surface area is 84.6 Å². The van der Waals surface area contributed by atoms with E-state index in [1.54, 1.807) is 0 Å². The van der Waals surface area contributed by atoms with E-state index in [0.717, 1.165) is 38.9 Å². The summed E-state index contributed by atoms with van der Waals surface area (Å²) in [6, 6.07) is 0. The highest BCUT2D eigenvalue weighted by molar-refractivity contribution is 5.71. The number of hydrogen-bond donors (Lipinski definition) is 1. The normalized spacial score (nSPS) is 25.5. The summed E-state index contributed by atoms with van der Waals surface area (Å²) in [7, 11) is 0. The van der Waals surface area contributed by atoms with Crippen molar-refractivity contribution < 1.29 is 9.53 Å². The zero-order chi connectivity index (χ0) is 10.0. The minimum atomic E-state index is -0.117. The Bertz CT molecular complexity index is 224. The lowest BCUT2D eigenvalue weighted by Gasteiger charge is -2.38. The largest absolute Gasteiger partial charge is 0.447 e. The molecule has 0 atom stereocenters. The third kappa shape index (κ3) is 1.47. The average molecular weight is 198 g/mol. The highest BCUT2D eigenvalue weighted by Crippen LogP contribution is 2.32. The lowest BCUT2D eigenvalue weighted by atomic mass is 9.88. The van der Waals surface area contributed by atoms with Crippen LogP contribution in [-0.2, 0) is 4.74 Å². The standard InChI is InChI=1S/C10H18N2O2/c1-2-7-12-9(13)14-8-10(12)3-5-11-6-4-10/h11H,2-8H2,1H3. The van der Waals surface area contributed by atoms with Gasteiger partial charge in [-0.05, 0) is 32.4 Å². The van der Waals surface area contributed by atoms with Crippen LogP contribution in [0.15, 0.2) is 0 Å². The van der Waals surface area contributed by atoms with Crippen LogP contribution in [0.4, 0.5) is 4.79 Å². The molecule has 0 saturated carbocycles. The minimum Gasteiger partial charge on any atom is -0.447 e. The van der Waals surface area contributed by atoms with Gasteiger partial charge in [-0.2, -0.15) is 0 Å². The van der Waals surface area contributed by atoms with Gasteiger partial charge in [-0.15, -0.1) is 0 Å². The van der Waals surface area contributed by atoms with E-state index in [4.69, 9.17) is 4.74 Å². The van der Waals surface area contributed by atoms with Gasteiger partial charge in [0.25, 0.3) is 0 Å². The van der Waals surface area contributed by atoms with Gasteiger partial charge in [0, 0.05) is 6.54 Å². The van der Waals surface area contributed by atoms with Crippen LogP contribution in [0.2, 0.25) is 0 Å². The Morgan fingerprint density at radius 2 is 2.21 bits per heavy atom. The van der Waals surface area contributed by atoms with Crippen LogP contribution >= 0.6 is 0 Å². The molecule has 0 radical (unpaired) electrons. The molecular weight excluding hydrogens is 180 g/mol. The van der Waals surface area contributed by atoms with Crippen LogP contribution in [-0.4, -0.2) is 42.8 Å². The predicted molar refractivity (Wildman–Crippen MR) is 53.2 cm³/mol. The third-order valence-corrected chi connectivity index (χ3v) is 3.24. The SMILES string of the molecule is CCCN1C(=O)OCC12CCNCC2. The topological polar surface area (TPSA) is 41.6 Å². The van der Waals surface area contributed by atoms with Crippen LogP contribution in [0.25, 0.3) is 0 Å². The average Bonchev–Trinajstić information content (AvgIpc) is 2.49. The summed E-state index contributed by atoms with van der Waals surface area (Å²) in [5.74, 6) is 0. The van der Waals surface area contributed by atoms with E-state index < -0.39 is 0 Å². The fourth-order valence-corrected chi connectivity index (χ4v) is 2.40. The summed E-state index contributed by atoms with van der Waals surface area (Å²) in [5, 5.41) is 3.32. The monoisotopic (exact) mass is 198 g/mol. The van der Waals surface area contributed by atoms with Gasteiger partial charge < -0.3 is 10.1 Å². The van der Waals surface area contributed by atoms with Crippen molar-refractivity contribution in [2.24, 2.45) is 0 Å². The maximum Gasteiger partial charge on any atom is 0.410 e. The first-order valence-electron chi connectivity index (χ1n) is 5.44. The Morgan fingerprint density at radius 1 is 1.50 bits per heavy atom. The molecule has 1 spiro atoms. The van der Waals surface area contributed by atoms with Gasteiger partial charge in [0.2, 0.25) is 0 Å². The first-order chi connectivity index (χ1) is 6.78. The van der Waals surface area contributed by atoms with Crippen molar-refractivity contribution in [3.63, 3.8) is 0 Å². The van der Waals surface area contributed by atoms with Gasteiger partial charge in [0.05, 0.1) is 5.54 Å². The molecule has 0 unspecified atom stereocenters. The van der Waals surface area contributed by atoms with Gasteiger partial charge >= 0.3 is 6.09 Å². The highest BCUT2D eigenvalue weighted by Gasteiger charge is 2.47. The second kappa shape index (κ2) is 3.77. The Morgan fingerprint density at radius 3 is 2.86 bits per heavy atom. The summed E-state index contributed by atoms with van der Waals surface area (Å²) >= 11 is 0. The number of carbonyl (C=O) groups is 1. The molecule has 2 heterocycles. The van der Waals surface area contributed by atoms with Crippen molar-refractivity contribution >= 4 is 6.09 Å². The summed E-state index contributed by atoms with van der Waals surface area (Å²) in [4.78, 5) is 13.5. The van der Waals surface area contributed by atoms with Crippen LogP contribution in [0.3, 0.4) is 0 Å². The number of cyclic esters (lactones) is 1. The van der Waals surface area contributed by atoms with E-state index in [1.807, 2.05) is 4.90 Å². The maximum absolute atomic E-state index is 11.5. The molecule has 2 aliphatic heterocycles. The van der Waals surface area contributed by atoms with Crippen LogP contribution in [0.1, 0.15) is 26.2 Å². The highest BCUT2D eigenvalue weighted by atomic mass is 16.6. The molecule has 0 aromatic carbocycles. The molecule has 2 saturated heterocycles. The smallest absolute Gasteiger partial charge is 0.410 e. The van der Waals surface area contributed by atoms with E-state index >= 15 is 0 Å². The van der Waals surface area contributed by atoms with Gasteiger partial charge in [-0.25, -0.2) is 4.79 Å². The van der Waals surface area contributed by atoms with E-state index in [2.05, 4.69) is 12.2 Å². The van der Waals surface area contributed by atoms with Crippen molar-refractivity contribution in [2.45, 2.75) is 31.7 Å². The third-order valence-electron chi connectivity index (χ3n) is 3.24. The number of rotatable bonds is 2. The second-order valence-corrected chi connectivity index (χ2v) is 4.18. The number of nitrogens with zero attached hydrogens (tertiary/aromatic N) is 1. The number of ether oxygens (including phenoxy) is 1. The van der Waals surface area contributed by atoms with Crippen molar-refractivity contribution in [3.05, 3.63) is 0 Å².